The van der Waals surface area contributed by atoms with Gasteiger partial charge in [0.1, 0.15) is 0 Å². The first-order chi connectivity index (χ1) is 9.61. The number of halogens is 1. The normalized spacial score (nSPS) is 18.9. The minimum atomic E-state index is -0.613. The molecule has 106 valence electrons. The van der Waals surface area contributed by atoms with Crippen LogP contribution in [-0.4, -0.2) is 30.2 Å². The number of carbonyl (C=O) groups excluding carboxylic acids is 1. The lowest BCUT2D eigenvalue weighted by atomic mass is 10.2. The van der Waals surface area contributed by atoms with Crippen molar-refractivity contribution in [2.45, 2.75) is 32.7 Å². The Morgan fingerprint density at radius 3 is 2.75 bits per heavy atom. The maximum absolute atomic E-state index is 11.9. The van der Waals surface area contributed by atoms with E-state index in [-0.39, 0.29) is 5.97 Å². The molecule has 1 aliphatic heterocycles. The predicted molar refractivity (Wildman–Crippen MR) is 80.8 cm³/mol. The summed E-state index contributed by atoms with van der Waals surface area (Å²) in [7, 11) is 0. The molecule has 1 aromatic rings. The zero-order chi connectivity index (χ0) is 14.5. The van der Waals surface area contributed by atoms with Gasteiger partial charge in [-0.3, -0.25) is 4.99 Å². The van der Waals surface area contributed by atoms with E-state index in [1.165, 1.54) is 0 Å². The number of rotatable bonds is 5. The first-order valence-corrected chi connectivity index (χ1v) is 7.06. The number of esters is 1. The largest absolute Gasteiger partial charge is 0.405 e. The third-order valence-corrected chi connectivity index (χ3v) is 3.28. The number of carbonyl (C=O) groups is 1. The van der Waals surface area contributed by atoms with Crippen LogP contribution in [0.4, 0.5) is 0 Å². The third kappa shape index (κ3) is 3.45. The molecule has 1 aliphatic rings. The molecule has 0 spiro atoms. The fraction of sp³-hybridized carbons (Fsp3) is 0.400. The summed E-state index contributed by atoms with van der Waals surface area (Å²) in [5.74, 6) is -0.0330. The average molecular weight is 293 g/mol. The lowest BCUT2D eigenvalue weighted by Crippen LogP contribution is -2.23. The van der Waals surface area contributed by atoms with Crippen molar-refractivity contribution in [2.75, 3.05) is 6.54 Å². The van der Waals surface area contributed by atoms with Gasteiger partial charge in [0.2, 0.25) is 5.90 Å². The Morgan fingerprint density at radius 2 is 2.10 bits per heavy atom. The van der Waals surface area contributed by atoms with Gasteiger partial charge in [0, 0.05) is 22.8 Å². The highest BCUT2D eigenvalue weighted by atomic mass is 35.5. The zero-order valence-electron chi connectivity index (χ0n) is 11.6. The highest BCUT2D eigenvalue weighted by Crippen LogP contribution is 2.17. The topological polar surface area (TPSA) is 51.0 Å². The molecule has 2 rings (SSSR count). The number of hydrogen-bond acceptors (Lipinski definition) is 4. The molecule has 5 heteroatoms. The number of aliphatic imine (C=N–C) groups is 2. The van der Waals surface area contributed by atoms with E-state index in [9.17, 15) is 4.79 Å². The van der Waals surface area contributed by atoms with E-state index in [1.807, 2.05) is 6.92 Å². The number of unbranched alkanes of at least 4 members (excludes halogenated alkanes) is 1. The third-order valence-electron chi connectivity index (χ3n) is 3.03. The average Bonchev–Trinajstić information content (AvgIpc) is 2.82. The quantitative estimate of drug-likeness (QED) is 0.475. The molecule has 1 heterocycles. The Hall–Kier alpha value is -1.68. The van der Waals surface area contributed by atoms with Crippen LogP contribution < -0.4 is 0 Å². The van der Waals surface area contributed by atoms with Gasteiger partial charge >= 0.3 is 5.97 Å². The summed E-state index contributed by atoms with van der Waals surface area (Å²) in [6.45, 7) is 4.64. The van der Waals surface area contributed by atoms with Crippen LogP contribution in [0.15, 0.2) is 34.3 Å². The van der Waals surface area contributed by atoms with E-state index < -0.39 is 6.04 Å². The van der Waals surface area contributed by atoms with Crippen LogP contribution in [0.25, 0.3) is 0 Å². The number of nitrogens with zero attached hydrogens (tertiary/aromatic N) is 2. The summed E-state index contributed by atoms with van der Waals surface area (Å²) in [6, 6.07) is 6.42. The number of cyclic esters (lactones) is 1. The fourth-order valence-electron chi connectivity index (χ4n) is 1.84. The highest BCUT2D eigenvalue weighted by Gasteiger charge is 2.31. The standard InChI is InChI=1S/C15H17ClN2O2/c1-3-4-9-17-10(2)13-15(19)20-14(18-13)11-5-7-12(16)8-6-11/h5-8,13H,3-4,9H2,1-2H3. The van der Waals surface area contributed by atoms with Crippen LogP contribution >= 0.6 is 11.6 Å². The second kappa shape index (κ2) is 6.66. The van der Waals surface area contributed by atoms with Gasteiger partial charge in [-0.2, -0.15) is 0 Å². The van der Waals surface area contributed by atoms with E-state index in [0.717, 1.165) is 24.9 Å². The molecule has 0 saturated heterocycles. The minimum Gasteiger partial charge on any atom is -0.405 e. The molecular formula is C15H17ClN2O2. The Balaban J connectivity index is 2.14. The van der Waals surface area contributed by atoms with Gasteiger partial charge < -0.3 is 4.74 Å². The van der Waals surface area contributed by atoms with Crippen LogP contribution in [0, 0.1) is 0 Å². The maximum Gasteiger partial charge on any atom is 0.343 e. The molecule has 1 atom stereocenters. The number of ether oxygens (including phenoxy) is 1. The lowest BCUT2D eigenvalue weighted by Gasteiger charge is -2.02. The monoisotopic (exact) mass is 292 g/mol. The van der Waals surface area contributed by atoms with Gasteiger partial charge in [-0.1, -0.05) is 24.9 Å². The van der Waals surface area contributed by atoms with Crippen molar-refractivity contribution in [3.05, 3.63) is 34.9 Å². The molecule has 0 aliphatic carbocycles. The van der Waals surface area contributed by atoms with Gasteiger partial charge in [-0.05, 0) is 37.6 Å². The lowest BCUT2D eigenvalue weighted by molar-refractivity contribution is -0.133. The number of hydrogen-bond donors (Lipinski definition) is 0. The summed E-state index contributed by atoms with van der Waals surface area (Å²) in [6.07, 6.45) is 2.08. The summed E-state index contributed by atoms with van der Waals surface area (Å²) >= 11 is 5.83. The summed E-state index contributed by atoms with van der Waals surface area (Å²) in [5.41, 5.74) is 1.44. The van der Waals surface area contributed by atoms with E-state index in [2.05, 4.69) is 16.9 Å². The van der Waals surface area contributed by atoms with Crippen molar-refractivity contribution in [3.8, 4) is 0 Å². The Labute approximate surface area is 123 Å². The van der Waals surface area contributed by atoms with Gasteiger partial charge in [-0.25, -0.2) is 9.79 Å². The van der Waals surface area contributed by atoms with Crippen LogP contribution in [0.1, 0.15) is 32.3 Å². The molecule has 0 radical (unpaired) electrons. The van der Waals surface area contributed by atoms with Crippen LogP contribution in [0.3, 0.4) is 0 Å². The molecule has 1 unspecified atom stereocenters. The van der Waals surface area contributed by atoms with Crippen molar-refractivity contribution in [1.29, 1.82) is 0 Å². The van der Waals surface area contributed by atoms with E-state index in [0.29, 0.717) is 16.6 Å². The Kier molecular flexibility index (Phi) is 4.90. The van der Waals surface area contributed by atoms with Crippen molar-refractivity contribution < 1.29 is 9.53 Å². The molecule has 0 saturated carbocycles. The maximum atomic E-state index is 11.9. The molecule has 0 N–H and O–H groups in total. The van der Waals surface area contributed by atoms with Gasteiger partial charge in [0.05, 0.1) is 0 Å². The van der Waals surface area contributed by atoms with Crippen molar-refractivity contribution in [2.24, 2.45) is 9.98 Å². The van der Waals surface area contributed by atoms with Crippen LogP contribution in [-0.2, 0) is 9.53 Å². The fourth-order valence-corrected chi connectivity index (χ4v) is 1.96. The first-order valence-electron chi connectivity index (χ1n) is 6.68. The van der Waals surface area contributed by atoms with Crippen molar-refractivity contribution in [1.82, 2.24) is 0 Å². The van der Waals surface area contributed by atoms with Crippen LogP contribution in [0.5, 0.6) is 0 Å². The molecule has 4 nitrogen and oxygen atoms in total. The molecule has 0 bridgehead atoms. The van der Waals surface area contributed by atoms with Crippen molar-refractivity contribution >= 4 is 29.2 Å². The first kappa shape index (κ1) is 14.7. The molecule has 20 heavy (non-hydrogen) atoms. The zero-order valence-corrected chi connectivity index (χ0v) is 12.4. The van der Waals surface area contributed by atoms with Crippen molar-refractivity contribution in [3.63, 3.8) is 0 Å². The summed E-state index contributed by atoms with van der Waals surface area (Å²) in [5, 5.41) is 0.632. The Morgan fingerprint density at radius 1 is 1.40 bits per heavy atom. The second-order valence-corrected chi connectivity index (χ2v) is 5.08. The molecule has 0 fully saturated rings. The summed E-state index contributed by atoms with van der Waals surface area (Å²) in [4.78, 5) is 20.6. The van der Waals surface area contributed by atoms with Gasteiger partial charge in [0.15, 0.2) is 6.04 Å². The second-order valence-electron chi connectivity index (χ2n) is 4.64. The van der Waals surface area contributed by atoms with Gasteiger partial charge in [-0.15, -0.1) is 0 Å². The van der Waals surface area contributed by atoms with Crippen LogP contribution in [0.2, 0.25) is 5.02 Å². The molecule has 1 aromatic carbocycles. The van der Waals surface area contributed by atoms with E-state index >= 15 is 0 Å². The molecule has 0 amide bonds. The number of benzene rings is 1. The SMILES string of the molecule is CCCCN=C(C)C1N=C(c2ccc(Cl)cc2)OC1=O. The Bertz CT molecular complexity index is 549. The van der Waals surface area contributed by atoms with Gasteiger partial charge in [0.25, 0.3) is 0 Å². The predicted octanol–water partition coefficient (Wildman–Crippen LogP) is 3.27. The molecule has 0 aromatic heterocycles. The summed E-state index contributed by atoms with van der Waals surface area (Å²) < 4.78 is 5.21. The van der Waals surface area contributed by atoms with E-state index in [1.54, 1.807) is 24.3 Å². The minimum absolute atomic E-state index is 0.335. The van der Waals surface area contributed by atoms with E-state index in [4.69, 9.17) is 16.3 Å². The highest BCUT2D eigenvalue weighted by molar-refractivity contribution is 6.30. The smallest absolute Gasteiger partial charge is 0.343 e. The molecular weight excluding hydrogens is 276 g/mol.